The van der Waals surface area contributed by atoms with Gasteiger partial charge < -0.3 is 9.88 Å². The van der Waals surface area contributed by atoms with Gasteiger partial charge in [-0.2, -0.15) is 0 Å². The van der Waals surface area contributed by atoms with E-state index in [1.54, 1.807) is 4.90 Å². The summed E-state index contributed by atoms with van der Waals surface area (Å²) in [6.07, 6.45) is 2.75. The van der Waals surface area contributed by atoms with Crippen molar-refractivity contribution in [2.24, 2.45) is 0 Å². The Bertz CT molecular complexity index is 574. The maximum atomic E-state index is 11.9. The molecule has 0 atom stereocenters. The average Bonchev–Trinajstić information content (AvgIpc) is 2.28. The quantitative estimate of drug-likeness (QED) is 0.813. The van der Waals surface area contributed by atoms with Crippen LogP contribution in [0.25, 0.3) is 0 Å². The van der Waals surface area contributed by atoms with Gasteiger partial charge in [-0.15, -0.1) is 0 Å². The minimum atomic E-state index is -0.591. The van der Waals surface area contributed by atoms with E-state index >= 15 is 0 Å². The Hall–Kier alpha value is -1.63. The molecule has 0 spiro atoms. The maximum absolute atomic E-state index is 11.9. The van der Waals surface area contributed by atoms with Crippen LogP contribution < -0.4 is 11.2 Å². The van der Waals surface area contributed by atoms with Gasteiger partial charge in [-0.25, -0.2) is 4.79 Å². The molecule has 1 aromatic rings. The first-order valence-corrected chi connectivity index (χ1v) is 6.29. The van der Waals surface area contributed by atoms with E-state index in [-0.39, 0.29) is 12.3 Å². The topological polar surface area (TPSA) is 86.0 Å². The second-order valence-corrected chi connectivity index (χ2v) is 5.05. The fourth-order valence-corrected chi connectivity index (χ4v) is 2.08. The van der Waals surface area contributed by atoms with Crippen LogP contribution >= 0.6 is 15.9 Å². The first kappa shape index (κ1) is 12.8. The lowest BCUT2D eigenvalue weighted by Gasteiger charge is -2.24. The normalized spacial score (nSPS) is 15.4. The van der Waals surface area contributed by atoms with Crippen LogP contribution in [0.5, 0.6) is 0 Å². The van der Waals surface area contributed by atoms with Crippen LogP contribution in [0.3, 0.4) is 0 Å². The summed E-state index contributed by atoms with van der Waals surface area (Å²) in [4.78, 5) is 40.3. The predicted octanol–water partition coefficient (Wildman–Crippen LogP) is 0.117. The lowest BCUT2D eigenvalue weighted by Crippen LogP contribution is -2.36. The number of hydrogen-bond donors (Lipinski definition) is 2. The Morgan fingerprint density at radius 1 is 1.39 bits per heavy atom. The molecule has 18 heavy (non-hydrogen) atoms. The number of nitrogens with one attached hydrogen (secondary N) is 2. The lowest BCUT2D eigenvalue weighted by atomic mass is 10.2. The zero-order valence-electron chi connectivity index (χ0n) is 9.53. The molecule has 0 fully saturated rings. The van der Waals surface area contributed by atoms with Crippen molar-refractivity contribution in [3.63, 3.8) is 0 Å². The van der Waals surface area contributed by atoms with Gasteiger partial charge in [-0.3, -0.25) is 14.6 Å². The van der Waals surface area contributed by atoms with Crippen LogP contribution in [0, 0.1) is 0 Å². The number of amides is 1. The van der Waals surface area contributed by atoms with Gasteiger partial charge in [0.05, 0.1) is 6.42 Å². The molecule has 0 saturated heterocycles. The van der Waals surface area contributed by atoms with Gasteiger partial charge in [0.1, 0.15) is 0 Å². The van der Waals surface area contributed by atoms with Gasteiger partial charge in [0.2, 0.25) is 5.91 Å². The summed E-state index contributed by atoms with van der Waals surface area (Å²) in [5.41, 5.74) is -0.753. The van der Waals surface area contributed by atoms with E-state index in [4.69, 9.17) is 0 Å². The Morgan fingerprint density at radius 2 is 2.17 bits per heavy atom. The van der Waals surface area contributed by atoms with Crippen LogP contribution in [0.2, 0.25) is 0 Å². The molecule has 7 heteroatoms. The number of hydrogen-bond acceptors (Lipinski definition) is 3. The minimum absolute atomic E-state index is 0.0324. The van der Waals surface area contributed by atoms with Gasteiger partial charge in [0, 0.05) is 24.8 Å². The van der Waals surface area contributed by atoms with E-state index in [1.165, 1.54) is 6.07 Å². The molecule has 0 aromatic carbocycles. The Labute approximate surface area is 111 Å². The Morgan fingerprint density at radius 3 is 2.78 bits per heavy atom. The molecule has 0 saturated carbocycles. The van der Waals surface area contributed by atoms with Crippen LogP contribution in [-0.4, -0.2) is 33.9 Å². The molecule has 96 valence electrons. The van der Waals surface area contributed by atoms with Crippen molar-refractivity contribution in [3.8, 4) is 0 Å². The Kier molecular flexibility index (Phi) is 3.81. The van der Waals surface area contributed by atoms with Gasteiger partial charge in [-0.1, -0.05) is 22.0 Å². The molecule has 1 aromatic heterocycles. The standard InChI is InChI=1S/C11H12BrN3O3/c12-7-1-3-15(4-2-7)10(17)6-8-5-9(16)14-11(18)13-8/h1,5H,2-4,6H2,(H2,13,14,16,18). The predicted molar refractivity (Wildman–Crippen MR) is 69.6 cm³/mol. The van der Waals surface area contributed by atoms with Crippen molar-refractivity contribution >= 4 is 21.8 Å². The highest BCUT2D eigenvalue weighted by Gasteiger charge is 2.17. The minimum Gasteiger partial charge on any atom is -0.338 e. The van der Waals surface area contributed by atoms with Crippen LogP contribution in [0.15, 0.2) is 26.2 Å². The summed E-state index contributed by atoms with van der Waals surface area (Å²) in [6.45, 7) is 1.19. The van der Waals surface area contributed by atoms with E-state index < -0.39 is 11.2 Å². The van der Waals surface area contributed by atoms with Crippen LogP contribution in [-0.2, 0) is 11.2 Å². The average molecular weight is 314 g/mol. The molecule has 0 radical (unpaired) electrons. The van der Waals surface area contributed by atoms with Crippen molar-refractivity contribution < 1.29 is 4.79 Å². The highest BCUT2D eigenvalue weighted by Crippen LogP contribution is 2.16. The van der Waals surface area contributed by atoms with Crippen molar-refractivity contribution in [2.75, 3.05) is 13.1 Å². The number of carbonyl (C=O) groups excluding carboxylic acids is 1. The molecule has 2 rings (SSSR count). The molecule has 2 heterocycles. The first-order chi connectivity index (χ1) is 8.54. The van der Waals surface area contributed by atoms with Crippen LogP contribution in [0.4, 0.5) is 0 Å². The van der Waals surface area contributed by atoms with E-state index in [1.807, 2.05) is 6.08 Å². The van der Waals surface area contributed by atoms with Crippen molar-refractivity contribution in [1.29, 1.82) is 0 Å². The fraction of sp³-hybridized carbons (Fsp3) is 0.364. The third-order valence-electron chi connectivity index (χ3n) is 2.66. The van der Waals surface area contributed by atoms with Crippen molar-refractivity contribution in [3.05, 3.63) is 43.2 Å². The summed E-state index contributed by atoms with van der Waals surface area (Å²) < 4.78 is 1.09. The third-order valence-corrected chi connectivity index (χ3v) is 3.38. The zero-order chi connectivity index (χ0) is 13.1. The number of H-pyrrole nitrogens is 2. The van der Waals surface area contributed by atoms with Gasteiger partial charge in [-0.05, 0) is 10.9 Å². The van der Waals surface area contributed by atoms with Gasteiger partial charge in [0.15, 0.2) is 0 Å². The number of aromatic amines is 2. The number of nitrogens with zero attached hydrogens (tertiary/aromatic N) is 1. The SMILES string of the molecule is O=C(Cc1cc(=O)[nH]c(=O)[nH]1)N1CC=C(Br)CC1. The highest BCUT2D eigenvalue weighted by atomic mass is 79.9. The molecule has 0 bridgehead atoms. The lowest BCUT2D eigenvalue weighted by molar-refractivity contribution is -0.130. The number of aromatic nitrogens is 2. The zero-order valence-corrected chi connectivity index (χ0v) is 11.1. The summed E-state index contributed by atoms with van der Waals surface area (Å²) in [5, 5.41) is 0. The second kappa shape index (κ2) is 5.34. The molecule has 1 aliphatic heterocycles. The molecular weight excluding hydrogens is 302 g/mol. The molecular formula is C11H12BrN3O3. The second-order valence-electron chi connectivity index (χ2n) is 4.03. The smallest absolute Gasteiger partial charge is 0.325 e. The van der Waals surface area contributed by atoms with E-state index in [9.17, 15) is 14.4 Å². The van der Waals surface area contributed by atoms with E-state index in [0.717, 1.165) is 10.9 Å². The molecule has 0 unspecified atom stereocenters. The molecule has 6 nitrogen and oxygen atoms in total. The fourth-order valence-electron chi connectivity index (χ4n) is 1.76. The summed E-state index contributed by atoms with van der Waals surface area (Å²) in [7, 11) is 0. The number of carbonyl (C=O) groups is 1. The molecule has 2 N–H and O–H groups in total. The number of rotatable bonds is 2. The first-order valence-electron chi connectivity index (χ1n) is 5.49. The van der Waals surface area contributed by atoms with E-state index in [2.05, 4.69) is 25.9 Å². The monoisotopic (exact) mass is 313 g/mol. The highest BCUT2D eigenvalue weighted by molar-refractivity contribution is 9.11. The summed E-state index contributed by atoms with van der Waals surface area (Å²) >= 11 is 3.38. The van der Waals surface area contributed by atoms with Crippen LogP contribution in [0.1, 0.15) is 12.1 Å². The van der Waals surface area contributed by atoms with Gasteiger partial charge >= 0.3 is 5.69 Å². The van der Waals surface area contributed by atoms with Crippen molar-refractivity contribution in [2.45, 2.75) is 12.8 Å². The molecule has 0 aliphatic carbocycles. The maximum Gasteiger partial charge on any atom is 0.325 e. The van der Waals surface area contributed by atoms with Gasteiger partial charge in [0.25, 0.3) is 5.56 Å². The third kappa shape index (κ3) is 3.19. The summed E-state index contributed by atoms with van der Waals surface area (Å²) in [6, 6.07) is 1.23. The largest absolute Gasteiger partial charge is 0.338 e. The number of halogens is 1. The van der Waals surface area contributed by atoms with E-state index in [0.29, 0.717) is 18.8 Å². The molecule has 1 aliphatic rings. The van der Waals surface area contributed by atoms with Crippen molar-refractivity contribution in [1.82, 2.24) is 14.9 Å². The Balaban J connectivity index is 2.07. The summed E-state index contributed by atoms with van der Waals surface area (Å²) in [5.74, 6) is -0.104. The molecule has 1 amide bonds.